The van der Waals surface area contributed by atoms with Gasteiger partial charge in [-0.15, -0.1) is 11.3 Å². The fourth-order valence-corrected chi connectivity index (χ4v) is 4.80. The number of benzene rings is 2. The van der Waals surface area contributed by atoms with E-state index in [0.717, 1.165) is 15.8 Å². The molecule has 1 aromatic heterocycles. The molecule has 27 heavy (non-hydrogen) atoms. The van der Waals surface area contributed by atoms with E-state index in [1.54, 1.807) is 47.4 Å². The second kappa shape index (κ2) is 7.66. The number of imide groups is 1. The van der Waals surface area contributed by atoms with Crippen molar-refractivity contribution in [1.29, 1.82) is 0 Å². The fraction of sp³-hybridized carbons (Fsp3) is 0.190. The van der Waals surface area contributed by atoms with Gasteiger partial charge < -0.3 is 0 Å². The summed E-state index contributed by atoms with van der Waals surface area (Å²) in [6, 6.07) is 15.5. The molecule has 2 heterocycles. The topological polar surface area (TPSA) is 50.3 Å². The summed E-state index contributed by atoms with van der Waals surface area (Å²) in [6.45, 7) is 2.44. The van der Waals surface area contributed by atoms with E-state index in [0.29, 0.717) is 24.1 Å². The maximum absolute atomic E-state index is 12.4. The lowest BCUT2D eigenvalue weighted by Crippen LogP contribution is -2.31. The standard InChI is InChI=1S/C21H18N2O2S2/c1-14-6-8-15(9-7-14)12-26-21-22-16(13-27-21)10-11-23-19(24)17-4-2-3-5-18(17)20(23)25/h2-9,13H,10-12H2,1H3. The lowest BCUT2D eigenvalue weighted by atomic mass is 10.1. The number of rotatable bonds is 6. The molecule has 0 radical (unpaired) electrons. The van der Waals surface area contributed by atoms with Crippen molar-refractivity contribution in [1.82, 2.24) is 9.88 Å². The number of hydrogen-bond donors (Lipinski definition) is 0. The number of hydrogen-bond acceptors (Lipinski definition) is 5. The van der Waals surface area contributed by atoms with Crippen LogP contribution >= 0.6 is 23.1 Å². The van der Waals surface area contributed by atoms with E-state index in [1.807, 2.05) is 5.38 Å². The molecule has 0 aliphatic carbocycles. The average molecular weight is 395 g/mol. The van der Waals surface area contributed by atoms with Crippen molar-refractivity contribution in [3.8, 4) is 0 Å². The van der Waals surface area contributed by atoms with Crippen LogP contribution in [0.5, 0.6) is 0 Å². The molecular weight excluding hydrogens is 376 g/mol. The number of fused-ring (bicyclic) bond motifs is 1. The molecule has 0 fully saturated rings. The Kier molecular flexibility index (Phi) is 5.09. The Morgan fingerprint density at radius 1 is 1.00 bits per heavy atom. The Labute approximate surface area is 166 Å². The van der Waals surface area contributed by atoms with Gasteiger partial charge in [-0.2, -0.15) is 0 Å². The average Bonchev–Trinajstić information content (AvgIpc) is 3.24. The maximum Gasteiger partial charge on any atom is 0.261 e. The van der Waals surface area contributed by atoms with Gasteiger partial charge in [-0.05, 0) is 24.6 Å². The molecule has 0 N–H and O–H groups in total. The zero-order chi connectivity index (χ0) is 18.8. The van der Waals surface area contributed by atoms with Crippen LogP contribution in [0.3, 0.4) is 0 Å². The Morgan fingerprint density at radius 3 is 2.33 bits per heavy atom. The third kappa shape index (κ3) is 3.82. The first kappa shape index (κ1) is 17.9. The van der Waals surface area contributed by atoms with Gasteiger partial charge in [0.05, 0.1) is 16.8 Å². The van der Waals surface area contributed by atoms with E-state index >= 15 is 0 Å². The lowest BCUT2D eigenvalue weighted by Gasteiger charge is -2.12. The quantitative estimate of drug-likeness (QED) is 0.453. The molecule has 0 unspecified atom stereocenters. The van der Waals surface area contributed by atoms with Crippen molar-refractivity contribution in [2.24, 2.45) is 0 Å². The smallest absolute Gasteiger partial charge is 0.261 e. The van der Waals surface area contributed by atoms with E-state index < -0.39 is 0 Å². The molecule has 0 spiro atoms. The summed E-state index contributed by atoms with van der Waals surface area (Å²) in [5, 5.41) is 2.01. The van der Waals surface area contributed by atoms with Crippen LogP contribution in [-0.4, -0.2) is 28.2 Å². The van der Waals surface area contributed by atoms with Crippen LogP contribution in [0.25, 0.3) is 0 Å². The molecule has 4 rings (SSSR count). The number of thiazole rings is 1. The van der Waals surface area contributed by atoms with Crippen LogP contribution in [-0.2, 0) is 12.2 Å². The SMILES string of the molecule is Cc1ccc(CSc2nc(CCN3C(=O)c4ccccc4C3=O)cs2)cc1. The summed E-state index contributed by atoms with van der Waals surface area (Å²) in [6.07, 6.45) is 0.576. The summed E-state index contributed by atoms with van der Waals surface area (Å²) in [4.78, 5) is 30.8. The van der Waals surface area contributed by atoms with Crippen molar-refractivity contribution >= 4 is 34.9 Å². The first-order valence-electron chi connectivity index (χ1n) is 8.70. The van der Waals surface area contributed by atoms with Crippen molar-refractivity contribution in [3.05, 3.63) is 81.9 Å². The predicted octanol–water partition coefficient (Wildman–Crippen LogP) is 4.58. The minimum absolute atomic E-state index is 0.209. The molecule has 2 amide bonds. The van der Waals surface area contributed by atoms with Crippen molar-refractivity contribution < 1.29 is 9.59 Å². The Morgan fingerprint density at radius 2 is 1.67 bits per heavy atom. The van der Waals surface area contributed by atoms with Gasteiger partial charge in [-0.1, -0.05) is 53.7 Å². The van der Waals surface area contributed by atoms with E-state index in [2.05, 4.69) is 36.2 Å². The molecule has 1 aliphatic rings. The van der Waals surface area contributed by atoms with Crippen molar-refractivity contribution in [3.63, 3.8) is 0 Å². The van der Waals surface area contributed by atoms with Crippen LogP contribution in [0, 0.1) is 6.92 Å². The molecule has 0 bridgehead atoms. The lowest BCUT2D eigenvalue weighted by molar-refractivity contribution is 0.0656. The van der Waals surface area contributed by atoms with E-state index in [1.165, 1.54) is 16.0 Å². The molecular formula is C21H18N2O2S2. The third-order valence-electron chi connectivity index (χ3n) is 4.48. The Balaban J connectivity index is 1.34. The van der Waals surface area contributed by atoms with Crippen LogP contribution in [0.2, 0.25) is 0 Å². The zero-order valence-electron chi connectivity index (χ0n) is 14.8. The maximum atomic E-state index is 12.4. The minimum atomic E-state index is -0.209. The van der Waals surface area contributed by atoms with E-state index in [4.69, 9.17) is 0 Å². The fourth-order valence-electron chi connectivity index (χ4n) is 2.97. The number of carbonyl (C=O) groups is 2. The van der Waals surface area contributed by atoms with Crippen molar-refractivity contribution in [2.75, 3.05) is 6.54 Å². The van der Waals surface area contributed by atoms with Gasteiger partial charge >= 0.3 is 0 Å². The van der Waals surface area contributed by atoms with Crippen LogP contribution < -0.4 is 0 Å². The number of nitrogens with zero attached hydrogens (tertiary/aromatic N) is 2. The Bertz CT molecular complexity index is 960. The highest BCUT2D eigenvalue weighted by Gasteiger charge is 2.34. The molecule has 3 aromatic rings. The van der Waals surface area contributed by atoms with Crippen LogP contribution in [0.15, 0.2) is 58.3 Å². The normalized spacial score (nSPS) is 13.3. The van der Waals surface area contributed by atoms with Gasteiger partial charge in [0, 0.05) is 24.1 Å². The number of amides is 2. The number of aryl methyl sites for hydroxylation is 1. The van der Waals surface area contributed by atoms with Gasteiger partial charge in [0.1, 0.15) is 4.34 Å². The predicted molar refractivity (Wildman–Crippen MR) is 108 cm³/mol. The monoisotopic (exact) mass is 394 g/mol. The first-order chi connectivity index (χ1) is 13.1. The van der Waals surface area contributed by atoms with Crippen molar-refractivity contribution in [2.45, 2.75) is 23.4 Å². The summed E-state index contributed by atoms with van der Waals surface area (Å²) in [7, 11) is 0. The molecule has 4 nitrogen and oxygen atoms in total. The largest absolute Gasteiger partial charge is 0.274 e. The van der Waals surface area contributed by atoms with Gasteiger partial charge in [0.15, 0.2) is 0 Å². The molecule has 1 aliphatic heterocycles. The van der Waals surface area contributed by atoms with Crippen LogP contribution in [0.4, 0.5) is 0 Å². The van der Waals surface area contributed by atoms with Gasteiger partial charge in [-0.3, -0.25) is 14.5 Å². The summed E-state index contributed by atoms with van der Waals surface area (Å²) < 4.78 is 1.01. The number of carbonyl (C=O) groups excluding carboxylic acids is 2. The van der Waals surface area contributed by atoms with Gasteiger partial charge in [0.2, 0.25) is 0 Å². The number of aromatic nitrogens is 1. The highest BCUT2D eigenvalue weighted by Crippen LogP contribution is 2.27. The summed E-state index contributed by atoms with van der Waals surface area (Å²) >= 11 is 3.32. The molecule has 0 saturated heterocycles. The second-order valence-corrected chi connectivity index (χ2v) is 8.52. The number of thioether (sulfide) groups is 1. The Hall–Kier alpha value is -2.44. The molecule has 0 atom stereocenters. The molecule has 6 heteroatoms. The minimum Gasteiger partial charge on any atom is -0.274 e. The van der Waals surface area contributed by atoms with Gasteiger partial charge in [-0.25, -0.2) is 4.98 Å². The highest BCUT2D eigenvalue weighted by atomic mass is 32.2. The second-order valence-electron chi connectivity index (χ2n) is 6.44. The summed E-state index contributed by atoms with van der Waals surface area (Å²) in [5.41, 5.74) is 4.44. The molecule has 0 saturated carbocycles. The third-order valence-corrected chi connectivity index (χ3v) is 6.62. The first-order valence-corrected chi connectivity index (χ1v) is 10.6. The van der Waals surface area contributed by atoms with E-state index in [-0.39, 0.29) is 11.8 Å². The van der Waals surface area contributed by atoms with Gasteiger partial charge in [0.25, 0.3) is 11.8 Å². The van der Waals surface area contributed by atoms with Crippen LogP contribution in [0.1, 0.15) is 37.5 Å². The molecule has 136 valence electrons. The summed E-state index contributed by atoms with van der Waals surface area (Å²) in [5.74, 6) is 0.464. The highest BCUT2D eigenvalue weighted by molar-refractivity contribution is 8.00. The zero-order valence-corrected chi connectivity index (χ0v) is 16.5. The molecule has 2 aromatic carbocycles. The van der Waals surface area contributed by atoms with E-state index in [9.17, 15) is 9.59 Å².